The first-order valence-corrected chi connectivity index (χ1v) is 8.01. The van der Waals surface area contributed by atoms with Crippen LogP contribution in [0.2, 0.25) is 0 Å². The Balaban J connectivity index is 1.53. The van der Waals surface area contributed by atoms with Crippen LogP contribution in [0.25, 0.3) is 0 Å². The van der Waals surface area contributed by atoms with Gasteiger partial charge in [0, 0.05) is 6.07 Å². The predicted octanol–water partition coefficient (Wildman–Crippen LogP) is -0.329. The summed E-state index contributed by atoms with van der Waals surface area (Å²) in [6, 6.07) is 3.09. The molecule has 1 aromatic heterocycles. The van der Waals surface area contributed by atoms with E-state index in [0.717, 1.165) is 4.90 Å². The van der Waals surface area contributed by atoms with Crippen molar-refractivity contribution in [2.24, 2.45) is 11.8 Å². The van der Waals surface area contributed by atoms with E-state index in [2.05, 4.69) is 10.2 Å². The van der Waals surface area contributed by atoms with Gasteiger partial charge in [0.2, 0.25) is 17.7 Å². The van der Waals surface area contributed by atoms with Crippen LogP contribution in [0.15, 0.2) is 24.3 Å². The summed E-state index contributed by atoms with van der Waals surface area (Å²) >= 11 is 0. The molecule has 5 heterocycles. The average Bonchev–Trinajstić information content (AvgIpc) is 3.39. The lowest BCUT2D eigenvalue weighted by molar-refractivity contribution is -0.180. The Morgan fingerprint density at radius 3 is 2.68 bits per heavy atom. The van der Waals surface area contributed by atoms with Crippen LogP contribution in [0, 0.1) is 11.8 Å². The van der Waals surface area contributed by atoms with Crippen molar-refractivity contribution in [3.8, 4) is 5.88 Å². The maximum Gasteiger partial charge on any atom is 0.242 e. The number of carbonyl (C=O) groups excluding carboxylic acids is 2. The molecule has 0 aromatic carbocycles. The van der Waals surface area contributed by atoms with Crippen molar-refractivity contribution < 1.29 is 28.5 Å². The fraction of sp³-hybridized carbons (Fsp3) is 0.500. The lowest BCUT2D eigenvalue weighted by atomic mass is 9.76. The van der Waals surface area contributed by atoms with E-state index in [1.54, 1.807) is 18.2 Å². The summed E-state index contributed by atoms with van der Waals surface area (Å²) in [5.41, 5.74) is -1.06. The third kappa shape index (κ3) is 1.82. The van der Waals surface area contributed by atoms with Crippen molar-refractivity contribution in [1.82, 2.24) is 10.2 Å². The summed E-state index contributed by atoms with van der Waals surface area (Å²) in [6.07, 6.45) is 2.44. The summed E-state index contributed by atoms with van der Waals surface area (Å²) < 4.78 is 22.1. The second kappa shape index (κ2) is 5.07. The zero-order valence-electron chi connectivity index (χ0n) is 13.3. The van der Waals surface area contributed by atoms with Crippen LogP contribution >= 0.6 is 0 Å². The molecule has 4 aliphatic rings. The molecule has 2 amide bonds. The highest BCUT2D eigenvalue weighted by molar-refractivity contribution is 6.22. The second-order valence-corrected chi connectivity index (χ2v) is 6.32. The third-order valence-electron chi connectivity index (χ3n) is 5.13. The maximum atomic E-state index is 13.1. The number of hydrogen-bond acceptors (Lipinski definition) is 8. The van der Waals surface area contributed by atoms with Gasteiger partial charge < -0.3 is 18.9 Å². The summed E-state index contributed by atoms with van der Waals surface area (Å²) in [7, 11) is 1.46. The van der Waals surface area contributed by atoms with Crippen LogP contribution in [-0.2, 0) is 23.8 Å². The molecule has 9 heteroatoms. The standard InChI is InChI=1S/C16H15N3O6/c1-22-10-3-2-9(17-18-10)19-13(20)11-8-4-5-16(25-8,12(11)14(19)21)15-23-6-7-24-15/h2-5,8,11-12,15H,6-7H2,1H3/t8-,11-,12-,16-/m1/s1. The number of amides is 2. The van der Waals surface area contributed by atoms with Crippen molar-refractivity contribution in [1.29, 1.82) is 0 Å². The van der Waals surface area contributed by atoms with E-state index in [1.807, 2.05) is 0 Å². The van der Waals surface area contributed by atoms with Gasteiger partial charge in [-0.15, -0.1) is 10.2 Å². The summed E-state index contributed by atoms with van der Waals surface area (Å²) in [5.74, 6) is -1.54. The average molecular weight is 345 g/mol. The number of rotatable bonds is 3. The smallest absolute Gasteiger partial charge is 0.242 e. The van der Waals surface area contributed by atoms with Crippen LogP contribution in [0.1, 0.15) is 0 Å². The summed E-state index contributed by atoms with van der Waals surface area (Å²) in [6.45, 7) is 0.864. The van der Waals surface area contributed by atoms with E-state index >= 15 is 0 Å². The first-order chi connectivity index (χ1) is 12.2. The number of anilines is 1. The number of hydrogen-bond donors (Lipinski definition) is 0. The Labute approximate surface area is 142 Å². The van der Waals surface area contributed by atoms with Gasteiger partial charge >= 0.3 is 0 Å². The van der Waals surface area contributed by atoms with Crippen LogP contribution in [0.4, 0.5) is 5.82 Å². The van der Waals surface area contributed by atoms with Gasteiger partial charge in [0.1, 0.15) is 0 Å². The highest BCUT2D eigenvalue weighted by Gasteiger charge is 2.71. The number of imide groups is 1. The second-order valence-electron chi connectivity index (χ2n) is 6.32. The first-order valence-electron chi connectivity index (χ1n) is 8.01. The quantitative estimate of drug-likeness (QED) is 0.542. The van der Waals surface area contributed by atoms with Gasteiger partial charge in [0.15, 0.2) is 17.7 Å². The van der Waals surface area contributed by atoms with Crippen LogP contribution in [0.3, 0.4) is 0 Å². The number of methoxy groups -OCH3 is 1. The van der Waals surface area contributed by atoms with Gasteiger partial charge in [-0.2, -0.15) is 0 Å². The minimum Gasteiger partial charge on any atom is -0.480 e. The Morgan fingerprint density at radius 1 is 1.20 bits per heavy atom. The molecule has 2 bridgehead atoms. The van der Waals surface area contributed by atoms with E-state index in [9.17, 15) is 9.59 Å². The molecular weight excluding hydrogens is 330 g/mol. The van der Waals surface area contributed by atoms with E-state index < -0.39 is 29.8 Å². The third-order valence-corrected chi connectivity index (χ3v) is 5.13. The fourth-order valence-electron chi connectivity index (χ4n) is 4.09. The number of ether oxygens (including phenoxy) is 4. The molecule has 0 unspecified atom stereocenters. The zero-order chi connectivity index (χ0) is 17.2. The first kappa shape index (κ1) is 14.9. The lowest BCUT2D eigenvalue weighted by Crippen LogP contribution is -2.49. The minimum atomic E-state index is -1.06. The van der Waals surface area contributed by atoms with Crippen LogP contribution < -0.4 is 9.64 Å². The van der Waals surface area contributed by atoms with Crippen molar-refractivity contribution in [2.75, 3.05) is 25.2 Å². The molecule has 5 rings (SSSR count). The van der Waals surface area contributed by atoms with Crippen molar-refractivity contribution in [3.63, 3.8) is 0 Å². The molecule has 4 atom stereocenters. The summed E-state index contributed by atoms with van der Waals surface area (Å²) in [5, 5.41) is 7.77. The molecule has 1 aromatic rings. The van der Waals surface area contributed by atoms with E-state index in [0.29, 0.717) is 19.1 Å². The molecule has 25 heavy (non-hydrogen) atoms. The fourth-order valence-corrected chi connectivity index (χ4v) is 4.09. The molecule has 0 aliphatic carbocycles. The van der Waals surface area contributed by atoms with Gasteiger partial charge in [-0.25, -0.2) is 4.90 Å². The number of fused-ring (bicyclic) bond motifs is 5. The number of aromatic nitrogens is 2. The normalized spacial score (nSPS) is 36.5. The summed E-state index contributed by atoms with van der Waals surface area (Å²) in [4.78, 5) is 27.1. The predicted molar refractivity (Wildman–Crippen MR) is 80.5 cm³/mol. The lowest BCUT2D eigenvalue weighted by Gasteiger charge is -2.32. The van der Waals surface area contributed by atoms with E-state index in [-0.39, 0.29) is 17.6 Å². The number of nitrogens with zero attached hydrogens (tertiary/aromatic N) is 3. The van der Waals surface area contributed by atoms with E-state index in [1.165, 1.54) is 13.2 Å². The Bertz CT molecular complexity index is 775. The van der Waals surface area contributed by atoms with Gasteiger partial charge in [0.05, 0.1) is 38.3 Å². The molecule has 4 aliphatic heterocycles. The highest BCUT2D eigenvalue weighted by atomic mass is 16.7. The molecule has 3 fully saturated rings. The maximum absolute atomic E-state index is 13.1. The largest absolute Gasteiger partial charge is 0.480 e. The Morgan fingerprint density at radius 2 is 2.00 bits per heavy atom. The van der Waals surface area contributed by atoms with Crippen LogP contribution in [0.5, 0.6) is 5.88 Å². The molecule has 130 valence electrons. The molecule has 0 saturated carbocycles. The zero-order valence-corrected chi connectivity index (χ0v) is 13.3. The van der Waals surface area contributed by atoms with Crippen molar-refractivity contribution >= 4 is 17.6 Å². The molecule has 0 radical (unpaired) electrons. The topological polar surface area (TPSA) is 100 Å². The SMILES string of the molecule is COc1ccc(N2C(=O)[C@@H]3[C@H]4C=C[C@@](C5OCCO5)(O4)[C@H]3C2=O)nn1. The Kier molecular flexibility index (Phi) is 3.03. The molecule has 0 N–H and O–H groups in total. The van der Waals surface area contributed by atoms with Crippen LogP contribution in [-0.4, -0.2) is 60.3 Å². The van der Waals surface area contributed by atoms with E-state index in [4.69, 9.17) is 18.9 Å². The minimum absolute atomic E-state index is 0.174. The highest BCUT2D eigenvalue weighted by Crippen LogP contribution is 2.54. The molecule has 0 spiro atoms. The number of carbonyl (C=O) groups is 2. The van der Waals surface area contributed by atoms with Crippen molar-refractivity contribution in [2.45, 2.75) is 18.0 Å². The van der Waals surface area contributed by atoms with Gasteiger partial charge in [-0.05, 0) is 12.1 Å². The van der Waals surface area contributed by atoms with Gasteiger partial charge in [-0.1, -0.05) is 6.08 Å². The monoisotopic (exact) mass is 345 g/mol. The molecular formula is C16H15N3O6. The van der Waals surface area contributed by atoms with Gasteiger partial charge in [-0.3, -0.25) is 9.59 Å². The van der Waals surface area contributed by atoms with Gasteiger partial charge in [0.25, 0.3) is 0 Å². The molecule has 9 nitrogen and oxygen atoms in total. The molecule has 3 saturated heterocycles. The Hall–Kier alpha value is -2.36. The van der Waals surface area contributed by atoms with Crippen molar-refractivity contribution in [3.05, 3.63) is 24.3 Å².